The highest BCUT2D eigenvalue weighted by Crippen LogP contribution is 2.18. The van der Waals surface area contributed by atoms with E-state index in [9.17, 15) is 4.79 Å². The monoisotopic (exact) mass is 233 g/mol. The summed E-state index contributed by atoms with van der Waals surface area (Å²) >= 11 is 0. The Balaban J connectivity index is 1.92. The molecule has 17 heavy (non-hydrogen) atoms. The first-order valence-corrected chi connectivity index (χ1v) is 6.02. The molecule has 2 rings (SSSR count). The second-order valence-electron chi connectivity index (χ2n) is 4.85. The summed E-state index contributed by atoms with van der Waals surface area (Å²) in [7, 11) is 3.80. The minimum absolute atomic E-state index is 0.104. The fourth-order valence-corrected chi connectivity index (χ4v) is 2.24. The van der Waals surface area contributed by atoms with Crippen molar-refractivity contribution in [2.45, 2.75) is 25.3 Å². The van der Waals surface area contributed by atoms with Gasteiger partial charge in [-0.25, -0.2) is 0 Å². The lowest BCUT2D eigenvalue weighted by atomic mass is 9.92. The second-order valence-corrected chi connectivity index (χ2v) is 4.85. The van der Waals surface area contributed by atoms with Crippen LogP contribution >= 0.6 is 0 Å². The third-order valence-corrected chi connectivity index (χ3v) is 3.01. The lowest BCUT2D eigenvalue weighted by Crippen LogP contribution is -2.42. The fraction of sp³-hybridized carbons (Fsp3) is 0.538. The number of amides is 1. The summed E-state index contributed by atoms with van der Waals surface area (Å²) in [6, 6.07) is 4.33. The van der Waals surface area contributed by atoms with Gasteiger partial charge in [0.15, 0.2) is 0 Å². The number of pyridine rings is 1. The molecule has 0 spiro atoms. The van der Waals surface area contributed by atoms with Gasteiger partial charge in [0, 0.05) is 17.9 Å². The molecule has 0 radical (unpaired) electrons. The fourth-order valence-electron chi connectivity index (χ4n) is 2.24. The van der Waals surface area contributed by atoms with E-state index in [0.29, 0.717) is 6.54 Å². The average Bonchev–Trinajstić information content (AvgIpc) is 2.27. The van der Waals surface area contributed by atoms with E-state index >= 15 is 0 Å². The first kappa shape index (κ1) is 12.0. The Morgan fingerprint density at radius 1 is 1.59 bits per heavy atom. The van der Waals surface area contributed by atoms with Crippen LogP contribution in [-0.2, 0) is 17.6 Å². The topological polar surface area (TPSA) is 45.2 Å². The van der Waals surface area contributed by atoms with Crippen LogP contribution in [0.5, 0.6) is 0 Å². The van der Waals surface area contributed by atoms with Gasteiger partial charge in [0.05, 0.1) is 6.54 Å². The van der Waals surface area contributed by atoms with Gasteiger partial charge in [0.25, 0.3) is 0 Å². The molecule has 1 aromatic heterocycles. The molecule has 0 saturated carbocycles. The third kappa shape index (κ3) is 3.27. The molecular formula is C13H19N3O. The molecule has 0 fully saturated rings. The molecule has 1 atom stereocenters. The average molecular weight is 233 g/mol. The third-order valence-electron chi connectivity index (χ3n) is 3.01. The first-order chi connectivity index (χ1) is 8.15. The number of hydrogen-bond donors (Lipinski definition) is 1. The molecule has 0 saturated heterocycles. The van der Waals surface area contributed by atoms with Gasteiger partial charge in [-0.2, -0.15) is 0 Å². The summed E-state index contributed by atoms with van der Waals surface area (Å²) in [5.41, 5.74) is 2.46. The lowest BCUT2D eigenvalue weighted by Gasteiger charge is -2.25. The normalized spacial score (nSPS) is 18.9. The predicted molar refractivity (Wildman–Crippen MR) is 66.7 cm³/mol. The van der Waals surface area contributed by atoms with Crippen molar-refractivity contribution in [3.8, 4) is 0 Å². The Morgan fingerprint density at radius 3 is 3.18 bits per heavy atom. The van der Waals surface area contributed by atoms with E-state index in [0.717, 1.165) is 19.3 Å². The zero-order chi connectivity index (χ0) is 12.3. The second kappa shape index (κ2) is 5.27. The van der Waals surface area contributed by atoms with Crippen molar-refractivity contribution in [3.05, 3.63) is 29.6 Å². The summed E-state index contributed by atoms with van der Waals surface area (Å²) < 4.78 is 0. The Labute approximate surface area is 102 Å². The maximum atomic E-state index is 11.7. The number of fused-ring (bicyclic) bond motifs is 1. The molecule has 1 aliphatic rings. The summed E-state index contributed by atoms with van der Waals surface area (Å²) in [5.74, 6) is 0.104. The van der Waals surface area contributed by atoms with Crippen molar-refractivity contribution in [1.82, 2.24) is 15.2 Å². The molecule has 1 unspecified atom stereocenters. The van der Waals surface area contributed by atoms with Crippen molar-refractivity contribution in [3.63, 3.8) is 0 Å². The molecule has 1 amide bonds. The maximum absolute atomic E-state index is 11.7. The van der Waals surface area contributed by atoms with E-state index in [1.54, 1.807) is 0 Å². The van der Waals surface area contributed by atoms with Crippen LogP contribution in [0.3, 0.4) is 0 Å². The molecule has 4 nitrogen and oxygen atoms in total. The number of carbonyl (C=O) groups excluding carboxylic acids is 1. The van der Waals surface area contributed by atoms with E-state index < -0.39 is 0 Å². The van der Waals surface area contributed by atoms with Gasteiger partial charge in [0.1, 0.15) is 0 Å². The smallest absolute Gasteiger partial charge is 0.234 e. The number of rotatable bonds is 3. The largest absolute Gasteiger partial charge is 0.352 e. The van der Waals surface area contributed by atoms with E-state index in [1.807, 2.05) is 31.3 Å². The molecular weight excluding hydrogens is 214 g/mol. The van der Waals surface area contributed by atoms with Gasteiger partial charge in [0.2, 0.25) is 5.91 Å². The molecule has 0 aliphatic heterocycles. The Hall–Kier alpha value is -1.42. The van der Waals surface area contributed by atoms with Crippen molar-refractivity contribution in [2.24, 2.45) is 0 Å². The van der Waals surface area contributed by atoms with Crippen LogP contribution in [0.2, 0.25) is 0 Å². The van der Waals surface area contributed by atoms with Gasteiger partial charge in [-0.15, -0.1) is 0 Å². The molecule has 0 bridgehead atoms. The molecule has 4 heteroatoms. The van der Waals surface area contributed by atoms with E-state index in [2.05, 4.69) is 16.4 Å². The molecule has 1 aliphatic carbocycles. The van der Waals surface area contributed by atoms with Crippen molar-refractivity contribution in [2.75, 3.05) is 20.6 Å². The van der Waals surface area contributed by atoms with Crippen LogP contribution in [0.25, 0.3) is 0 Å². The molecule has 1 aromatic rings. The Bertz CT molecular complexity index is 403. The number of likely N-dealkylation sites (N-methyl/N-ethyl adjacent to an activating group) is 1. The Kier molecular flexibility index (Phi) is 3.74. The van der Waals surface area contributed by atoms with Gasteiger partial charge in [-0.1, -0.05) is 6.07 Å². The van der Waals surface area contributed by atoms with Crippen LogP contribution in [0, 0.1) is 0 Å². The number of aryl methyl sites for hydroxylation is 1. The predicted octanol–water partition coefficient (Wildman–Crippen LogP) is 0.617. The van der Waals surface area contributed by atoms with Crippen LogP contribution in [-0.4, -0.2) is 42.5 Å². The van der Waals surface area contributed by atoms with Crippen LogP contribution < -0.4 is 5.32 Å². The summed E-state index contributed by atoms with van der Waals surface area (Å²) in [6.45, 7) is 0.455. The minimum Gasteiger partial charge on any atom is -0.352 e. The number of hydrogen-bond acceptors (Lipinski definition) is 3. The highest BCUT2D eigenvalue weighted by Gasteiger charge is 2.20. The summed E-state index contributed by atoms with van der Waals surface area (Å²) in [5, 5.41) is 3.08. The van der Waals surface area contributed by atoms with Gasteiger partial charge >= 0.3 is 0 Å². The first-order valence-electron chi connectivity index (χ1n) is 6.02. The lowest BCUT2D eigenvalue weighted by molar-refractivity contribution is -0.122. The highest BCUT2D eigenvalue weighted by molar-refractivity contribution is 5.78. The molecule has 92 valence electrons. The number of nitrogens with one attached hydrogen (secondary N) is 1. The van der Waals surface area contributed by atoms with Crippen molar-refractivity contribution in [1.29, 1.82) is 0 Å². The van der Waals surface area contributed by atoms with E-state index in [4.69, 9.17) is 0 Å². The number of nitrogens with zero attached hydrogens (tertiary/aromatic N) is 2. The summed E-state index contributed by atoms with van der Waals surface area (Å²) in [4.78, 5) is 17.9. The van der Waals surface area contributed by atoms with Crippen LogP contribution in [0.4, 0.5) is 0 Å². The van der Waals surface area contributed by atoms with Gasteiger partial charge in [-0.3, -0.25) is 9.78 Å². The minimum atomic E-state index is 0.104. The molecule has 1 heterocycles. The van der Waals surface area contributed by atoms with Crippen LogP contribution in [0.15, 0.2) is 18.3 Å². The maximum Gasteiger partial charge on any atom is 0.234 e. The number of carbonyl (C=O) groups is 1. The van der Waals surface area contributed by atoms with Gasteiger partial charge in [-0.05, 0) is 45.0 Å². The SMILES string of the molecule is CN(C)CC(=O)NC1CCc2ncccc2C1. The zero-order valence-corrected chi connectivity index (χ0v) is 10.4. The standard InChI is InChI=1S/C13H19N3O/c1-16(2)9-13(17)15-11-5-6-12-10(8-11)4-3-7-14-12/h3-4,7,11H,5-6,8-9H2,1-2H3,(H,15,17). The van der Waals surface area contributed by atoms with Gasteiger partial charge < -0.3 is 10.2 Å². The number of aromatic nitrogens is 1. The van der Waals surface area contributed by atoms with E-state index in [1.165, 1.54) is 11.3 Å². The van der Waals surface area contributed by atoms with Crippen molar-refractivity contribution >= 4 is 5.91 Å². The van der Waals surface area contributed by atoms with Crippen LogP contribution in [0.1, 0.15) is 17.7 Å². The van der Waals surface area contributed by atoms with E-state index in [-0.39, 0.29) is 11.9 Å². The van der Waals surface area contributed by atoms with Crippen molar-refractivity contribution < 1.29 is 4.79 Å². The quantitative estimate of drug-likeness (QED) is 0.832. The Morgan fingerprint density at radius 2 is 2.41 bits per heavy atom. The molecule has 1 N–H and O–H groups in total. The highest BCUT2D eigenvalue weighted by atomic mass is 16.2. The molecule has 0 aromatic carbocycles. The zero-order valence-electron chi connectivity index (χ0n) is 10.4. The summed E-state index contributed by atoms with van der Waals surface area (Å²) in [6.07, 6.45) is 4.69.